The van der Waals surface area contributed by atoms with Gasteiger partial charge in [-0.25, -0.2) is 0 Å². The average Bonchev–Trinajstić information content (AvgIpc) is 2.71. The summed E-state index contributed by atoms with van der Waals surface area (Å²) < 4.78 is 10.4. The molecule has 3 aliphatic rings. The summed E-state index contributed by atoms with van der Waals surface area (Å²) in [4.78, 5) is 24.0. The fourth-order valence-corrected chi connectivity index (χ4v) is 3.39. The Morgan fingerprint density at radius 1 is 1.10 bits per heavy atom. The highest BCUT2D eigenvalue weighted by Gasteiger charge is 2.90. The van der Waals surface area contributed by atoms with Crippen molar-refractivity contribution < 1.29 is 19.1 Å². The molecule has 1 N–H and O–H groups in total. The quantitative estimate of drug-likeness (QED) is 0.735. The van der Waals surface area contributed by atoms with E-state index in [4.69, 9.17) is 9.47 Å². The van der Waals surface area contributed by atoms with E-state index < -0.39 is 28.6 Å². The first kappa shape index (κ1) is 11.7. The minimum absolute atomic E-state index is 0.0929. The van der Waals surface area contributed by atoms with E-state index in [2.05, 4.69) is 5.32 Å². The number of nitriles is 2. The lowest BCUT2D eigenvalue weighted by molar-refractivity contribution is -0.128. The van der Waals surface area contributed by atoms with E-state index in [0.29, 0.717) is 17.1 Å². The fraction of sp³-hybridized carbons (Fsp3) is 0.286. The lowest BCUT2D eigenvalue weighted by atomic mass is 9.98. The lowest BCUT2D eigenvalue weighted by Gasteiger charge is -2.08. The van der Waals surface area contributed by atoms with Gasteiger partial charge in [0.1, 0.15) is 0 Å². The van der Waals surface area contributed by atoms with E-state index in [1.54, 1.807) is 18.2 Å². The predicted molar refractivity (Wildman–Crippen MR) is 64.5 cm³/mol. The van der Waals surface area contributed by atoms with Crippen LogP contribution in [0.25, 0.3) is 0 Å². The first-order chi connectivity index (χ1) is 10.1. The molecule has 1 aliphatic carbocycles. The molecule has 7 nitrogen and oxygen atoms in total. The number of fused-ring (bicyclic) bond motifs is 2. The monoisotopic (exact) mass is 281 g/mol. The third kappa shape index (κ3) is 1.02. The number of nitrogens with one attached hydrogen (secondary N) is 1. The van der Waals surface area contributed by atoms with Gasteiger partial charge in [-0.3, -0.25) is 14.9 Å². The predicted octanol–water partition coefficient (Wildman–Crippen LogP) is 0.189. The Bertz CT molecular complexity index is 767. The maximum Gasteiger partial charge on any atom is 0.250 e. The standard InChI is InChI=1S/C14H7N3O4/c15-4-13-10(14(13,5-16)12(19)17-11(13)18)7-1-2-8-9(3-7)21-6-20-8/h1-3,10H,6H2,(H,17,18,19)/t10?,13-,14+. The van der Waals surface area contributed by atoms with Crippen LogP contribution in [0.15, 0.2) is 18.2 Å². The van der Waals surface area contributed by atoms with Crippen molar-refractivity contribution in [3.8, 4) is 23.6 Å². The van der Waals surface area contributed by atoms with Crippen molar-refractivity contribution in [2.24, 2.45) is 10.8 Å². The number of hydrogen-bond donors (Lipinski definition) is 1. The van der Waals surface area contributed by atoms with Crippen molar-refractivity contribution >= 4 is 11.8 Å². The van der Waals surface area contributed by atoms with Gasteiger partial charge in [-0.1, -0.05) is 6.07 Å². The molecule has 1 aromatic rings. The molecule has 2 amide bonds. The van der Waals surface area contributed by atoms with Crippen LogP contribution >= 0.6 is 0 Å². The second-order valence-electron chi connectivity index (χ2n) is 5.17. The number of amides is 2. The van der Waals surface area contributed by atoms with Gasteiger partial charge >= 0.3 is 0 Å². The molecule has 21 heavy (non-hydrogen) atoms. The Morgan fingerprint density at radius 2 is 1.71 bits per heavy atom. The highest BCUT2D eigenvalue weighted by atomic mass is 16.7. The van der Waals surface area contributed by atoms with Crippen molar-refractivity contribution in [1.29, 1.82) is 10.5 Å². The van der Waals surface area contributed by atoms with Crippen LogP contribution in [0.3, 0.4) is 0 Å². The highest BCUT2D eigenvalue weighted by molar-refractivity contribution is 6.19. The number of imide groups is 1. The topological polar surface area (TPSA) is 112 Å². The van der Waals surface area contributed by atoms with E-state index in [1.165, 1.54) is 0 Å². The summed E-state index contributed by atoms with van der Waals surface area (Å²) in [5, 5.41) is 20.9. The van der Waals surface area contributed by atoms with Gasteiger partial charge in [0, 0.05) is 5.92 Å². The Morgan fingerprint density at radius 3 is 2.33 bits per heavy atom. The first-order valence-corrected chi connectivity index (χ1v) is 6.20. The van der Waals surface area contributed by atoms with Crippen molar-refractivity contribution in [2.75, 3.05) is 6.79 Å². The van der Waals surface area contributed by atoms with Crippen LogP contribution in [-0.4, -0.2) is 18.6 Å². The van der Waals surface area contributed by atoms with Crippen LogP contribution in [0.5, 0.6) is 11.5 Å². The summed E-state index contributed by atoms with van der Waals surface area (Å²) in [6.07, 6.45) is 0. The number of rotatable bonds is 1. The molecule has 1 aromatic carbocycles. The summed E-state index contributed by atoms with van der Waals surface area (Å²) in [5.74, 6) is -1.17. The van der Waals surface area contributed by atoms with Gasteiger partial charge in [0.25, 0.3) is 0 Å². The second kappa shape index (κ2) is 3.33. The summed E-state index contributed by atoms with van der Waals surface area (Å²) in [5.41, 5.74) is -2.75. The van der Waals surface area contributed by atoms with Gasteiger partial charge in [-0.15, -0.1) is 0 Å². The van der Waals surface area contributed by atoms with E-state index in [0.717, 1.165) is 0 Å². The zero-order valence-corrected chi connectivity index (χ0v) is 10.5. The largest absolute Gasteiger partial charge is 0.454 e. The van der Waals surface area contributed by atoms with Crippen molar-refractivity contribution in [3.05, 3.63) is 23.8 Å². The smallest absolute Gasteiger partial charge is 0.250 e. The molecule has 2 aliphatic heterocycles. The Hall–Kier alpha value is -3.06. The van der Waals surface area contributed by atoms with Crippen LogP contribution in [0.2, 0.25) is 0 Å². The Kier molecular flexibility index (Phi) is 1.86. The van der Waals surface area contributed by atoms with Gasteiger partial charge in [-0.2, -0.15) is 10.5 Å². The second-order valence-corrected chi connectivity index (χ2v) is 5.17. The van der Waals surface area contributed by atoms with Gasteiger partial charge in [0.2, 0.25) is 18.6 Å². The van der Waals surface area contributed by atoms with Crippen molar-refractivity contribution in [2.45, 2.75) is 5.92 Å². The normalized spacial score (nSPS) is 34.7. The van der Waals surface area contributed by atoms with Gasteiger partial charge in [0.15, 0.2) is 22.3 Å². The lowest BCUT2D eigenvalue weighted by Crippen LogP contribution is -2.31. The highest BCUT2D eigenvalue weighted by Crippen LogP contribution is 2.76. The molecule has 0 spiro atoms. The van der Waals surface area contributed by atoms with Crippen LogP contribution in [0, 0.1) is 33.5 Å². The molecule has 0 bridgehead atoms. The molecular formula is C14H7N3O4. The summed E-state index contributed by atoms with van der Waals surface area (Å²) in [7, 11) is 0. The molecule has 3 atom stereocenters. The van der Waals surface area contributed by atoms with Crippen molar-refractivity contribution in [3.63, 3.8) is 0 Å². The van der Waals surface area contributed by atoms with Crippen LogP contribution in [-0.2, 0) is 9.59 Å². The fourth-order valence-electron chi connectivity index (χ4n) is 3.39. The van der Waals surface area contributed by atoms with E-state index in [9.17, 15) is 20.1 Å². The van der Waals surface area contributed by atoms with E-state index >= 15 is 0 Å². The number of piperidine rings is 1. The maximum atomic E-state index is 12.0. The molecule has 2 fully saturated rings. The number of hydrogen-bond acceptors (Lipinski definition) is 6. The van der Waals surface area contributed by atoms with Gasteiger partial charge in [0.05, 0.1) is 12.1 Å². The molecule has 102 valence electrons. The number of nitrogens with zero attached hydrogens (tertiary/aromatic N) is 2. The SMILES string of the molecule is N#C[C@@]12C(=O)NC(=O)[C@]1(C#N)C2c1ccc2c(c1)OCO2. The van der Waals surface area contributed by atoms with Crippen LogP contribution in [0.1, 0.15) is 11.5 Å². The first-order valence-electron chi connectivity index (χ1n) is 6.20. The number of carbonyl (C=O) groups is 2. The minimum atomic E-state index is -1.65. The van der Waals surface area contributed by atoms with Crippen molar-refractivity contribution in [1.82, 2.24) is 5.32 Å². The number of benzene rings is 1. The Balaban J connectivity index is 1.88. The van der Waals surface area contributed by atoms with Gasteiger partial charge < -0.3 is 9.47 Å². The molecule has 2 heterocycles. The summed E-state index contributed by atoms with van der Waals surface area (Å²) in [6, 6.07) is 8.66. The molecule has 4 rings (SSSR count). The molecule has 1 unspecified atom stereocenters. The minimum Gasteiger partial charge on any atom is -0.454 e. The van der Waals surface area contributed by atoms with Crippen LogP contribution in [0.4, 0.5) is 0 Å². The zero-order chi connectivity index (χ0) is 14.8. The zero-order valence-electron chi connectivity index (χ0n) is 10.5. The molecule has 7 heteroatoms. The van der Waals surface area contributed by atoms with Crippen LogP contribution < -0.4 is 14.8 Å². The van der Waals surface area contributed by atoms with E-state index in [1.807, 2.05) is 12.1 Å². The molecule has 0 radical (unpaired) electrons. The Labute approximate surface area is 118 Å². The molecular weight excluding hydrogens is 274 g/mol. The molecule has 1 saturated carbocycles. The summed E-state index contributed by atoms with van der Waals surface area (Å²) in [6.45, 7) is 0.0929. The summed E-state index contributed by atoms with van der Waals surface area (Å²) >= 11 is 0. The van der Waals surface area contributed by atoms with E-state index in [-0.39, 0.29) is 6.79 Å². The number of ether oxygens (including phenoxy) is 2. The third-order valence-electron chi connectivity index (χ3n) is 4.43. The molecule has 0 aromatic heterocycles. The maximum absolute atomic E-state index is 12.0. The number of carbonyl (C=O) groups excluding carboxylic acids is 2. The third-order valence-corrected chi connectivity index (χ3v) is 4.43. The molecule has 1 saturated heterocycles. The van der Waals surface area contributed by atoms with Gasteiger partial charge in [-0.05, 0) is 17.7 Å². The average molecular weight is 281 g/mol.